The normalized spacial score (nSPS) is 11.2. The summed E-state index contributed by atoms with van der Waals surface area (Å²) in [6, 6.07) is 16.7. The van der Waals surface area contributed by atoms with Crippen LogP contribution < -0.4 is 0 Å². The van der Waals surface area contributed by atoms with E-state index in [2.05, 4.69) is 59.3 Å². The molecule has 0 aliphatic heterocycles. The number of benzene rings is 1. The zero-order valence-corrected chi connectivity index (χ0v) is 11.6. The highest BCUT2D eigenvalue weighted by atomic mass is 32.1. The van der Waals surface area contributed by atoms with Gasteiger partial charge in [-0.05, 0) is 22.9 Å². The summed E-state index contributed by atoms with van der Waals surface area (Å²) in [6.45, 7) is 0. The second-order valence-electron chi connectivity index (χ2n) is 4.26. The van der Waals surface area contributed by atoms with Gasteiger partial charge in [-0.25, -0.2) is 0 Å². The van der Waals surface area contributed by atoms with E-state index in [4.69, 9.17) is 4.42 Å². The van der Waals surface area contributed by atoms with Crippen molar-refractivity contribution >= 4 is 33.4 Å². The van der Waals surface area contributed by atoms with Crippen LogP contribution in [-0.2, 0) is 0 Å². The molecule has 0 saturated carbocycles. The monoisotopic (exact) mass is 282 g/mol. The molecule has 0 radical (unpaired) electrons. The van der Waals surface area contributed by atoms with Crippen LogP contribution >= 0.6 is 22.7 Å². The van der Waals surface area contributed by atoms with Crippen molar-refractivity contribution in [3.63, 3.8) is 0 Å². The highest BCUT2D eigenvalue weighted by molar-refractivity contribution is 7.14. The van der Waals surface area contributed by atoms with Gasteiger partial charge < -0.3 is 4.42 Å². The van der Waals surface area contributed by atoms with Gasteiger partial charge in [-0.15, -0.1) is 22.7 Å². The topological polar surface area (TPSA) is 13.1 Å². The highest BCUT2D eigenvalue weighted by Crippen LogP contribution is 2.41. The Morgan fingerprint density at radius 1 is 0.632 bits per heavy atom. The lowest BCUT2D eigenvalue weighted by atomic mass is 10.1. The zero-order valence-electron chi connectivity index (χ0n) is 10.00. The predicted molar refractivity (Wildman–Crippen MR) is 82.8 cm³/mol. The van der Waals surface area contributed by atoms with Crippen LogP contribution in [0.25, 0.3) is 32.0 Å². The van der Waals surface area contributed by atoms with Crippen LogP contribution in [0, 0.1) is 0 Å². The molecule has 3 heteroatoms. The van der Waals surface area contributed by atoms with Gasteiger partial charge in [-0.2, -0.15) is 0 Å². The van der Waals surface area contributed by atoms with E-state index in [1.165, 1.54) is 20.5 Å². The number of furan rings is 1. The molecule has 0 bridgehead atoms. The van der Waals surface area contributed by atoms with Gasteiger partial charge in [0.15, 0.2) is 11.5 Å². The standard InChI is InChI=1S/C16H10OS2/c1-2-6-12-11(5-1)15(13-7-3-9-18-13)17-16(12)14-8-4-10-19-14/h1-10H. The maximum absolute atomic E-state index is 6.17. The van der Waals surface area contributed by atoms with E-state index in [1.54, 1.807) is 22.7 Å². The largest absolute Gasteiger partial charge is 0.453 e. The molecule has 0 aliphatic rings. The fraction of sp³-hybridized carbons (Fsp3) is 0. The Labute approximate surface area is 118 Å². The molecule has 0 unspecified atom stereocenters. The second-order valence-corrected chi connectivity index (χ2v) is 6.16. The van der Waals surface area contributed by atoms with Gasteiger partial charge in [0.1, 0.15) is 0 Å². The van der Waals surface area contributed by atoms with Crippen LogP contribution in [0.4, 0.5) is 0 Å². The second kappa shape index (κ2) is 4.37. The predicted octanol–water partition coefficient (Wildman–Crippen LogP) is 5.89. The van der Waals surface area contributed by atoms with Crippen LogP contribution in [0.15, 0.2) is 63.7 Å². The molecular weight excluding hydrogens is 272 g/mol. The molecule has 0 fully saturated rings. The fourth-order valence-electron chi connectivity index (χ4n) is 2.27. The number of hydrogen-bond acceptors (Lipinski definition) is 3. The van der Waals surface area contributed by atoms with Gasteiger partial charge in [-0.3, -0.25) is 0 Å². The molecular formula is C16H10OS2. The molecule has 4 aromatic rings. The average molecular weight is 282 g/mol. The quantitative estimate of drug-likeness (QED) is 0.447. The summed E-state index contributed by atoms with van der Waals surface area (Å²) in [4.78, 5) is 2.36. The van der Waals surface area contributed by atoms with Crippen molar-refractivity contribution in [1.29, 1.82) is 0 Å². The minimum Gasteiger partial charge on any atom is -0.453 e. The molecule has 3 heterocycles. The van der Waals surface area contributed by atoms with Crippen LogP contribution in [0.2, 0.25) is 0 Å². The van der Waals surface area contributed by atoms with Gasteiger partial charge in [0.25, 0.3) is 0 Å². The Hall–Kier alpha value is -1.84. The number of fused-ring (bicyclic) bond motifs is 1. The van der Waals surface area contributed by atoms with Gasteiger partial charge in [0.2, 0.25) is 0 Å². The molecule has 3 aromatic heterocycles. The lowest BCUT2D eigenvalue weighted by Gasteiger charge is -1.92. The maximum atomic E-state index is 6.17. The SMILES string of the molecule is c1csc(-c2oc(-c3cccs3)c3ccccc23)c1. The Morgan fingerprint density at radius 3 is 1.58 bits per heavy atom. The smallest absolute Gasteiger partial charge is 0.152 e. The summed E-state index contributed by atoms with van der Waals surface area (Å²) in [6.07, 6.45) is 0. The van der Waals surface area contributed by atoms with Crippen molar-refractivity contribution in [2.24, 2.45) is 0 Å². The van der Waals surface area contributed by atoms with Crippen molar-refractivity contribution in [2.45, 2.75) is 0 Å². The fourth-order valence-corrected chi connectivity index (χ4v) is 3.71. The molecule has 0 N–H and O–H groups in total. The molecule has 1 aromatic carbocycles. The minimum absolute atomic E-state index is 0.981. The molecule has 92 valence electrons. The molecule has 19 heavy (non-hydrogen) atoms. The highest BCUT2D eigenvalue weighted by Gasteiger charge is 2.16. The Bertz CT molecular complexity index is 740. The number of thiophene rings is 2. The van der Waals surface area contributed by atoms with Gasteiger partial charge in [0, 0.05) is 10.8 Å². The van der Waals surface area contributed by atoms with E-state index < -0.39 is 0 Å². The van der Waals surface area contributed by atoms with Gasteiger partial charge >= 0.3 is 0 Å². The number of hydrogen-bond donors (Lipinski definition) is 0. The molecule has 0 spiro atoms. The number of rotatable bonds is 2. The third-order valence-electron chi connectivity index (χ3n) is 3.11. The van der Waals surface area contributed by atoms with Gasteiger partial charge in [-0.1, -0.05) is 36.4 Å². The first-order chi connectivity index (χ1) is 9.43. The Kier molecular flexibility index (Phi) is 2.53. The zero-order chi connectivity index (χ0) is 12.7. The molecule has 0 aliphatic carbocycles. The van der Waals surface area contributed by atoms with E-state index in [0.717, 1.165) is 11.5 Å². The first-order valence-electron chi connectivity index (χ1n) is 6.03. The van der Waals surface area contributed by atoms with E-state index in [9.17, 15) is 0 Å². The van der Waals surface area contributed by atoms with E-state index in [1.807, 2.05) is 0 Å². The molecule has 0 saturated heterocycles. The maximum Gasteiger partial charge on any atom is 0.152 e. The summed E-state index contributed by atoms with van der Waals surface area (Å²) < 4.78 is 6.17. The summed E-state index contributed by atoms with van der Waals surface area (Å²) in [5, 5.41) is 6.54. The van der Waals surface area contributed by atoms with Crippen LogP contribution in [0.5, 0.6) is 0 Å². The third-order valence-corrected chi connectivity index (χ3v) is 4.85. The van der Waals surface area contributed by atoms with Gasteiger partial charge in [0.05, 0.1) is 9.75 Å². The molecule has 4 rings (SSSR count). The van der Waals surface area contributed by atoms with Crippen LogP contribution in [0.3, 0.4) is 0 Å². The van der Waals surface area contributed by atoms with Crippen molar-refractivity contribution < 1.29 is 4.42 Å². The minimum atomic E-state index is 0.981. The Balaban J connectivity index is 2.06. The van der Waals surface area contributed by atoms with Crippen molar-refractivity contribution in [3.05, 3.63) is 59.3 Å². The molecule has 0 atom stereocenters. The summed E-state index contributed by atoms with van der Waals surface area (Å²) in [5.74, 6) is 1.96. The van der Waals surface area contributed by atoms with Crippen LogP contribution in [-0.4, -0.2) is 0 Å². The van der Waals surface area contributed by atoms with Crippen molar-refractivity contribution in [2.75, 3.05) is 0 Å². The first-order valence-corrected chi connectivity index (χ1v) is 7.79. The first kappa shape index (κ1) is 11.0. The van der Waals surface area contributed by atoms with E-state index >= 15 is 0 Å². The van der Waals surface area contributed by atoms with Crippen molar-refractivity contribution in [1.82, 2.24) is 0 Å². The summed E-state index contributed by atoms with van der Waals surface area (Å²) >= 11 is 3.42. The summed E-state index contributed by atoms with van der Waals surface area (Å²) in [7, 11) is 0. The Morgan fingerprint density at radius 2 is 1.16 bits per heavy atom. The lowest BCUT2D eigenvalue weighted by molar-refractivity contribution is 0.605. The molecule has 0 amide bonds. The average Bonchev–Trinajstić information content (AvgIpc) is 3.18. The third kappa shape index (κ3) is 1.74. The van der Waals surface area contributed by atoms with Crippen LogP contribution in [0.1, 0.15) is 0 Å². The molecule has 1 nitrogen and oxygen atoms in total. The lowest BCUT2D eigenvalue weighted by Crippen LogP contribution is -1.68. The van der Waals surface area contributed by atoms with E-state index in [-0.39, 0.29) is 0 Å². The summed E-state index contributed by atoms with van der Waals surface area (Å²) in [5.41, 5.74) is 0. The van der Waals surface area contributed by atoms with E-state index in [0.29, 0.717) is 0 Å². The van der Waals surface area contributed by atoms with Crippen molar-refractivity contribution in [3.8, 4) is 21.3 Å².